The summed E-state index contributed by atoms with van der Waals surface area (Å²) in [7, 11) is 0. The van der Waals surface area contributed by atoms with Crippen molar-refractivity contribution >= 4 is 17.6 Å². The molecule has 1 aliphatic heterocycles. The van der Waals surface area contributed by atoms with E-state index in [9.17, 15) is 4.79 Å². The molecule has 2 aromatic carbocycles. The molecule has 0 radical (unpaired) electrons. The predicted molar refractivity (Wildman–Crippen MR) is 87.8 cm³/mol. The second-order valence-electron chi connectivity index (χ2n) is 5.49. The third kappa shape index (κ3) is 3.44. The topological polar surface area (TPSA) is 79.5 Å². The zero-order valence-corrected chi connectivity index (χ0v) is 13.4. The number of nitrogens with zero attached hydrogens (tertiary/aromatic N) is 1. The number of aliphatic carboxylic acids is 1. The lowest BCUT2D eigenvalue weighted by Crippen LogP contribution is -2.16. The van der Waals surface area contributed by atoms with Gasteiger partial charge in [-0.3, -0.25) is 4.79 Å². The number of carboxylic acid groups (broad SMARTS) is 1. The van der Waals surface area contributed by atoms with Crippen LogP contribution in [-0.2, 0) is 4.79 Å². The molecule has 0 aliphatic carbocycles. The summed E-state index contributed by atoms with van der Waals surface area (Å²) < 4.78 is 11.4. The molecule has 122 valence electrons. The number of rotatable bonds is 4. The maximum atomic E-state index is 11.0. The van der Waals surface area contributed by atoms with Gasteiger partial charge in [-0.2, -0.15) is 5.26 Å². The number of fused-ring (bicyclic) bond motifs is 1. The molecule has 0 saturated carbocycles. The summed E-state index contributed by atoms with van der Waals surface area (Å²) >= 11 is 6.11. The van der Waals surface area contributed by atoms with Crippen molar-refractivity contribution in [1.82, 2.24) is 0 Å². The Kier molecular flexibility index (Phi) is 4.59. The third-order valence-corrected chi connectivity index (χ3v) is 4.15. The van der Waals surface area contributed by atoms with E-state index in [0.29, 0.717) is 40.9 Å². The van der Waals surface area contributed by atoms with Crippen LogP contribution in [0.4, 0.5) is 0 Å². The lowest BCUT2D eigenvalue weighted by Gasteiger charge is -2.25. The summed E-state index contributed by atoms with van der Waals surface area (Å²) in [5.74, 6) is 0.732. The van der Waals surface area contributed by atoms with Gasteiger partial charge in [0.25, 0.3) is 0 Å². The van der Waals surface area contributed by atoms with Gasteiger partial charge in [0.05, 0.1) is 29.7 Å². The fraction of sp³-hybridized carbons (Fsp3) is 0.222. The number of carbonyl (C=O) groups is 1. The van der Waals surface area contributed by atoms with Gasteiger partial charge in [-0.15, -0.1) is 0 Å². The average molecular weight is 344 g/mol. The Labute approximate surface area is 144 Å². The van der Waals surface area contributed by atoms with E-state index in [0.717, 1.165) is 5.56 Å². The van der Waals surface area contributed by atoms with Crippen molar-refractivity contribution in [2.45, 2.75) is 18.8 Å². The Balaban J connectivity index is 1.84. The number of nitriles is 1. The predicted octanol–water partition coefficient (Wildman–Crippen LogP) is 4.34. The van der Waals surface area contributed by atoms with Crippen molar-refractivity contribution < 1.29 is 19.4 Å². The van der Waals surface area contributed by atoms with E-state index >= 15 is 0 Å². The van der Waals surface area contributed by atoms with Gasteiger partial charge in [0, 0.05) is 12.0 Å². The normalized spacial score (nSPS) is 15.8. The molecule has 24 heavy (non-hydrogen) atoms. The van der Waals surface area contributed by atoms with Crippen LogP contribution in [0, 0.1) is 11.3 Å². The van der Waals surface area contributed by atoms with Crippen LogP contribution in [0.5, 0.6) is 17.2 Å². The van der Waals surface area contributed by atoms with Crippen molar-refractivity contribution in [3.63, 3.8) is 0 Å². The Hall–Kier alpha value is -2.71. The minimum atomic E-state index is -0.822. The molecule has 1 N–H and O–H groups in total. The molecule has 0 amide bonds. The van der Waals surface area contributed by atoms with Gasteiger partial charge in [0.15, 0.2) is 0 Å². The van der Waals surface area contributed by atoms with E-state index in [1.54, 1.807) is 24.3 Å². The molecule has 1 aliphatic rings. The van der Waals surface area contributed by atoms with Gasteiger partial charge < -0.3 is 14.6 Å². The van der Waals surface area contributed by atoms with Crippen LogP contribution in [-0.4, -0.2) is 17.7 Å². The molecule has 1 heterocycles. The first-order valence-corrected chi connectivity index (χ1v) is 7.80. The fourth-order valence-electron chi connectivity index (χ4n) is 2.71. The van der Waals surface area contributed by atoms with E-state index in [-0.39, 0.29) is 12.3 Å². The van der Waals surface area contributed by atoms with Crippen molar-refractivity contribution in [1.29, 1.82) is 5.26 Å². The highest BCUT2D eigenvalue weighted by Crippen LogP contribution is 2.39. The number of carboxylic acids is 1. The van der Waals surface area contributed by atoms with Crippen LogP contribution in [0.2, 0.25) is 5.02 Å². The molecule has 5 nitrogen and oxygen atoms in total. The molecule has 0 aromatic heterocycles. The molecule has 0 bridgehead atoms. The zero-order valence-electron chi connectivity index (χ0n) is 12.7. The lowest BCUT2D eigenvalue weighted by molar-refractivity contribution is -0.137. The van der Waals surface area contributed by atoms with E-state index in [1.807, 2.05) is 12.1 Å². The van der Waals surface area contributed by atoms with E-state index in [2.05, 4.69) is 0 Å². The summed E-state index contributed by atoms with van der Waals surface area (Å²) in [4.78, 5) is 11.0. The monoisotopic (exact) mass is 343 g/mol. The first-order valence-electron chi connectivity index (χ1n) is 7.43. The van der Waals surface area contributed by atoms with Gasteiger partial charge >= 0.3 is 5.97 Å². The standard InChI is InChI=1S/C18H14ClNO4/c19-15-7-11(10-20)1-4-16(15)24-13-2-3-14-12(8-18(21)22)5-6-23-17(14)9-13/h1-4,7,9,12H,5-6,8H2,(H,21,22)/t12-/m0/s1. The minimum absolute atomic E-state index is 0.0567. The Morgan fingerprint density at radius 3 is 2.92 bits per heavy atom. The van der Waals surface area contributed by atoms with Crippen molar-refractivity contribution in [3.05, 3.63) is 52.5 Å². The quantitative estimate of drug-likeness (QED) is 0.893. The summed E-state index contributed by atoms with van der Waals surface area (Å²) in [5, 5.41) is 18.2. The molecule has 6 heteroatoms. The maximum Gasteiger partial charge on any atom is 0.303 e. The first kappa shape index (κ1) is 16.2. The van der Waals surface area contributed by atoms with Crippen molar-refractivity contribution in [2.24, 2.45) is 0 Å². The summed E-state index contributed by atoms with van der Waals surface area (Å²) in [6.45, 7) is 0.478. The van der Waals surface area contributed by atoms with Crippen LogP contribution in [0.1, 0.15) is 29.9 Å². The highest BCUT2D eigenvalue weighted by Gasteiger charge is 2.24. The summed E-state index contributed by atoms with van der Waals surface area (Å²) in [6.07, 6.45) is 0.763. The first-order chi connectivity index (χ1) is 11.6. The second-order valence-corrected chi connectivity index (χ2v) is 5.90. The molecule has 0 fully saturated rings. The fourth-order valence-corrected chi connectivity index (χ4v) is 2.93. The molecule has 3 rings (SSSR count). The second kappa shape index (κ2) is 6.81. The molecule has 0 saturated heterocycles. The number of hydrogen-bond donors (Lipinski definition) is 1. The van der Waals surface area contributed by atoms with Crippen LogP contribution >= 0.6 is 11.6 Å². The molecule has 2 aromatic rings. The van der Waals surface area contributed by atoms with Gasteiger partial charge in [0.1, 0.15) is 17.2 Å². The van der Waals surface area contributed by atoms with Gasteiger partial charge in [-0.25, -0.2) is 0 Å². The Bertz CT molecular complexity index is 828. The van der Waals surface area contributed by atoms with Crippen LogP contribution in [0.25, 0.3) is 0 Å². The highest BCUT2D eigenvalue weighted by atomic mass is 35.5. The van der Waals surface area contributed by atoms with Crippen LogP contribution in [0.3, 0.4) is 0 Å². The Morgan fingerprint density at radius 1 is 1.38 bits per heavy atom. The molecule has 1 atom stereocenters. The van der Waals surface area contributed by atoms with Gasteiger partial charge in [0.2, 0.25) is 0 Å². The Morgan fingerprint density at radius 2 is 2.21 bits per heavy atom. The third-order valence-electron chi connectivity index (χ3n) is 3.86. The van der Waals surface area contributed by atoms with Crippen molar-refractivity contribution in [2.75, 3.05) is 6.61 Å². The molecule has 0 spiro atoms. The average Bonchev–Trinajstić information content (AvgIpc) is 2.56. The number of halogens is 1. The number of hydrogen-bond acceptors (Lipinski definition) is 4. The van der Waals surface area contributed by atoms with E-state index in [1.165, 1.54) is 6.07 Å². The molecular weight excluding hydrogens is 330 g/mol. The van der Waals surface area contributed by atoms with E-state index < -0.39 is 5.97 Å². The SMILES string of the molecule is N#Cc1ccc(Oc2ccc3c(c2)OCC[C@H]3CC(=O)O)c(Cl)c1. The highest BCUT2D eigenvalue weighted by molar-refractivity contribution is 6.32. The van der Waals surface area contributed by atoms with Crippen LogP contribution in [0.15, 0.2) is 36.4 Å². The maximum absolute atomic E-state index is 11.0. The molecule has 0 unspecified atom stereocenters. The number of ether oxygens (including phenoxy) is 2. The summed E-state index contributed by atoms with van der Waals surface area (Å²) in [6, 6.07) is 12.1. The van der Waals surface area contributed by atoms with E-state index in [4.69, 9.17) is 31.4 Å². The minimum Gasteiger partial charge on any atom is -0.493 e. The summed E-state index contributed by atoms with van der Waals surface area (Å²) in [5.41, 5.74) is 1.33. The van der Waals surface area contributed by atoms with Gasteiger partial charge in [-0.1, -0.05) is 17.7 Å². The molecular formula is C18H14ClNO4. The largest absolute Gasteiger partial charge is 0.493 e. The van der Waals surface area contributed by atoms with Gasteiger partial charge in [-0.05, 0) is 36.2 Å². The lowest BCUT2D eigenvalue weighted by atomic mass is 9.90. The van der Waals surface area contributed by atoms with Crippen molar-refractivity contribution in [3.8, 4) is 23.3 Å². The number of benzene rings is 2. The van der Waals surface area contributed by atoms with Crippen LogP contribution < -0.4 is 9.47 Å². The smallest absolute Gasteiger partial charge is 0.303 e. The zero-order chi connectivity index (χ0) is 17.1.